The molecule has 4 aliphatic carbocycles. The molecule has 0 aromatic rings. The van der Waals surface area contributed by atoms with Crippen LogP contribution >= 0.6 is 0 Å². The van der Waals surface area contributed by atoms with Gasteiger partial charge < -0.3 is 15.3 Å². The molecule has 0 aromatic carbocycles. The lowest BCUT2D eigenvalue weighted by molar-refractivity contribution is -0.191. The molecular weight excluding hydrogens is 332 g/mol. The second kappa shape index (κ2) is 5.98. The van der Waals surface area contributed by atoms with E-state index in [-0.39, 0.29) is 41.3 Å². The van der Waals surface area contributed by atoms with Crippen LogP contribution in [0.1, 0.15) is 58.3 Å². The predicted molar refractivity (Wildman–Crippen MR) is 95.2 cm³/mol. The van der Waals surface area contributed by atoms with Gasteiger partial charge in [0.05, 0.1) is 12.2 Å². The van der Waals surface area contributed by atoms with Gasteiger partial charge in [-0.15, -0.1) is 0 Å². The molecule has 0 spiro atoms. The van der Waals surface area contributed by atoms with E-state index in [9.17, 15) is 24.9 Å². The van der Waals surface area contributed by atoms with Crippen molar-refractivity contribution in [3.63, 3.8) is 0 Å². The third-order valence-corrected chi connectivity index (χ3v) is 8.70. The van der Waals surface area contributed by atoms with Crippen LogP contribution in [-0.4, -0.2) is 45.7 Å². The Balaban J connectivity index is 1.73. The van der Waals surface area contributed by atoms with E-state index in [1.807, 2.05) is 6.92 Å². The molecule has 4 rings (SSSR count). The first-order valence-electron chi connectivity index (χ1n) is 10.0. The Hall–Kier alpha value is -1.04. The van der Waals surface area contributed by atoms with Gasteiger partial charge in [-0.25, -0.2) is 0 Å². The van der Waals surface area contributed by atoms with Crippen molar-refractivity contribution in [3.05, 3.63) is 11.6 Å². The number of aliphatic hydroxyl groups excluding tert-OH is 2. The van der Waals surface area contributed by atoms with E-state index in [1.165, 1.54) is 0 Å². The molecule has 26 heavy (non-hydrogen) atoms. The third-order valence-electron chi connectivity index (χ3n) is 8.70. The molecule has 0 amide bonds. The minimum Gasteiger partial charge on any atom is -0.395 e. The van der Waals surface area contributed by atoms with Gasteiger partial charge in [-0.2, -0.15) is 0 Å². The lowest BCUT2D eigenvalue weighted by atomic mass is 9.45. The van der Waals surface area contributed by atoms with Crippen LogP contribution in [0.3, 0.4) is 0 Å². The molecule has 4 aliphatic rings. The van der Waals surface area contributed by atoms with E-state index in [0.717, 1.165) is 31.3 Å². The summed E-state index contributed by atoms with van der Waals surface area (Å²) in [4.78, 5) is 24.2. The van der Waals surface area contributed by atoms with Crippen molar-refractivity contribution in [2.24, 2.45) is 28.6 Å². The topological polar surface area (TPSA) is 94.8 Å². The Morgan fingerprint density at radius 3 is 2.58 bits per heavy atom. The molecule has 6 atom stereocenters. The molecule has 3 saturated carbocycles. The maximum absolute atomic E-state index is 12.3. The number of ketones is 2. The van der Waals surface area contributed by atoms with Gasteiger partial charge in [0.1, 0.15) is 6.61 Å². The predicted octanol–water partition coefficient (Wildman–Crippen LogP) is 1.78. The summed E-state index contributed by atoms with van der Waals surface area (Å²) in [6.07, 6.45) is 7.22. The zero-order valence-electron chi connectivity index (χ0n) is 15.5. The second-order valence-electron chi connectivity index (χ2n) is 9.30. The smallest absolute Gasteiger partial charge is 0.161 e. The number of carbonyl (C=O) groups is 2. The van der Waals surface area contributed by atoms with E-state index in [2.05, 4.69) is 0 Å². The van der Waals surface area contributed by atoms with Crippen LogP contribution < -0.4 is 0 Å². The highest BCUT2D eigenvalue weighted by Gasteiger charge is 2.68. The summed E-state index contributed by atoms with van der Waals surface area (Å²) in [7, 11) is 0. The number of hydrogen-bond donors (Lipinski definition) is 3. The van der Waals surface area contributed by atoms with E-state index < -0.39 is 17.6 Å². The van der Waals surface area contributed by atoms with Gasteiger partial charge in [-0.1, -0.05) is 12.5 Å². The lowest BCUT2D eigenvalue weighted by Gasteiger charge is -2.61. The van der Waals surface area contributed by atoms with Gasteiger partial charge in [0.25, 0.3) is 0 Å². The van der Waals surface area contributed by atoms with Gasteiger partial charge in [0.15, 0.2) is 11.6 Å². The molecule has 0 radical (unpaired) electrons. The van der Waals surface area contributed by atoms with E-state index in [1.54, 1.807) is 6.08 Å². The van der Waals surface area contributed by atoms with Crippen molar-refractivity contribution in [3.8, 4) is 0 Å². The lowest BCUT2D eigenvalue weighted by Crippen LogP contribution is -2.62. The van der Waals surface area contributed by atoms with Crippen LogP contribution in [0.25, 0.3) is 0 Å². The molecule has 0 saturated heterocycles. The highest BCUT2D eigenvalue weighted by atomic mass is 16.3. The Kier molecular flexibility index (Phi) is 4.22. The molecule has 0 aliphatic heterocycles. The third kappa shape index (κ3) is 2.14. The van der Waals surface area contributed by atoms with Crippen molar-refractivity contribution >= 4 is 11.6 Å². The normalized spacial score (nSPS) is 47.6. The summed E-state index contributed by atoms with van der Waals surface area (Å²) in [5.74, 6) is -0.0972. The fourth-order valence-corrected chi connectivity index (χ4v) is 7.26. The van der Waals surface area contributed by atoms with Gasteiger partial charge in [0.2, 0.25) is 0 Å². The van der Waals surface area contributed by atoms with E-state index >= 15 is 0 Å². The Labute approximate surface area is 154 Å². The van der Waals surface area contributed by atoms with Crippen LogP contribution in [0, 0.1) is 28.6 Å². The maximum atomic E-state index is 12.3. The number of aliphatic hydroxyl groups is 3. The van der Waals surface area contributed by atoms with Gasteiger partial charge in [-0.3, -0.25) is 9.59 Å². The van der Waals surface area contributed by atoms with Crippen molar-refractivity contribution in [1.29, 1.82) is 0 Å². The monoisotopic (exact) mass is 362 g/mol. The Morgan fingerprint density at radius 1 is 1.12 bits per heavy atom. The SMILES string of the molecule is C[C@]12CC[C@H]3[C@@H](CCC4=CC(=O)CC[C@@]43CO)[C@]1(O)CC[C@@H]2C(=O)CO. The van der Waals surface area contributed by atoms with Crippen LogP contribution in [-0.2, 0) is 9.59 Å². The Morgan fingerprint density at radius 2 is 1.88 bits per heavy atom. The van der Waals surface area contributed by atoms with Gasteiger partial charge in [-0.05, 0) is 62.9 Å². The van der Waals surface area contributed by atoms with Crippen LogP contribution in [0.15, 0.2) is 11.6 Å². The molecule has 144 valence electrons. The van der Waals surface area contributed by atoms with Crippen molar-refractivity contribution in [2.45, 2.75) is 63.9 Å². The average Bonchev–Trinajstić information content (AvgIpc) is 2.92. The molecular formula is C21H30O5. The first-order chi connectivity index (χ1) is 12.3. The zero-order chi connectivity index (χ0) is 18.7. The van der Waals surface area contributed by atoms with Crippen LogP contribution in [0.4, 0.5) is 0 Å². The molecule has 0 unspecified atom stereocenters. The van der Waals surface area contributed by atoms with Crippen molar-refractivity contribution in [1.82, 2.24) is 0 Å². The summed E-state index contributed by atoms with van der Waals surface area (Å²) in [5, 5.41) is 31.5. The fourth-order valence-electron chi connectivity index (χ4n) is 7.26. The number of hydrogen-bond acceptors (Lipinski definition) is 5. The second-order valence-corrected chi connectivity index (χ2v) is 9.30. The summed E-state index contributed by atoms with van der Waals surface area (Å²) in [6, 6.07) is 0. The number of fused-ring (bicyclic) bond motifs is 5. The molecule has 0 bridgehead atoms. The van der Waals surface area contributed by atoms with Gasteiger partial charge >= 0.3 is 0 Å². The quantitative estimate of drug-likeness (QED) is 0.711. The van der Waals surface area contributed by atoms with E-state index in [4.69, 9.17) is 0 Å². The molecule has 3 fully saturated rings. The molecule has 0 heterocycles. The molecule has 0 aromatic heterocycles. The highest BCUT2D eigenvalue weighted by molar-refractivity contribution is 5.91. The Bertz CT molecular complexity index is 669. The zero-order valence-corrected chi connectivity index (χ0v) is 15.5. The summed E-state index contributed by atoms with van der Waals surface area (Å²) < 4.78 is 0. The molecule has 5 nitrogen and oxygen atoms in total. The first-order valence-corrected chi connectivity index (χ1v) is 10.0. The van der Waals surface area contributed by atoms with Gasteiger partial charge in [0, 0.05) is 23.2 Å². The number of carbonyl (C=O) groups excluding carboxylic acids is 2. The number of rotatable bonds is 3. The summed E-state index contributed by atoms with van der Waals surface area (Å²) in [6.45, 7) is 1.59. The minimum atomic E-state index is -0.930. The summed E-state index contributed by atoms with van der Waals surface area (Å²) in [5.41, 5.74) is -0.741. The largest absolute Gasteiger partial charge is 0.395 e. The standard InChI is InChI=1S/C21H30O5/c1-19-7-5-15-16(21(19,26)9-6-17(19)18(25)11-22)3-2-13-10-14(24)4-8-20(13,15)12-23/h10,15-17,22-23,26H,2-9,11-12H2,1H3/t15-,16+,17+,19+,20+,21+/m0/s1. The van der Waals surface area contributed by atoms with Crippen molar-refractivity contribution in [2.75, 3.05) is 13.2 Å². The van der Waals surface area contributed by atoms with Crippen molar-refractivity contribution < 1.29 is 24.9 Å². The minimum absolute atomic E-state index is 0.0269. The fraction of sp³-hybridized carbons (Fsp3) is 0.810. The van der Waals surface area contributed by atoms with Crippen LogP contribution in [0.2, 0.25) is 0 Å². The number of Topliss-reactive ketones (excluding diaryl/α,β-unsaturated/α-hetero) is 1. The average molecular weight is 362 g/mol. The first kappa shape index (κ1) is 18.3. The van der Waals surface area contributed by atoms with E-state index in [0.29, 0.717) is 25.7 Å². The molecule has 5 heteroatoms. The highest BCUT2D eigenvalue weighted by Crippen LogP contribution is 2.68. The maximum Gasteiger partial charge on any atom is 0.161 e. The van der Waals surface area contributed by atoms with Crippen LogP contribution in [0.5, 0.6) is 0 Å². The molecule has 3 N–H and O–H groups in total. The summed E-state index contributed by atoms with van der Waals surface area (Å²) >= 11 is 0.